The lowest BCUT2D eigenvalue weighted by Crippen LogP contribution is -2.33. The number of anilines is 1. The van der Waals surface area contributed by atoms with Crippen molar-refractivity contribution >= 4 is 23.0 Å². The Labute approximate surface area is 122 Å². The van der Waals surface area contributed by atoms with E-state index in [0.717, 1.165) is 18.7 Å². The van der Waals surface area contributed by atoms with E-state index in [1.165, 1.54) is 32.1 Å². The normalized spacial score (nSPS) is 15.9. The quantitative estimate of drug-likeness (QED) is 0.590. The molecule has 1 aliphatic carbocycles. The number of thiocarbonyl (C=S) groups is 1. The van der Waals surface area contributed by atoms with Crippen LogP contribution in [0.3, 0.4) is 0 Å². The topological polar surface area (TPSA) is 44.3 Å². The number of phenols is 1. The van der Waals surface area contributed by atoms with Gasteiger partial charge >= 0.3 is 0 Å². The van der Waals surface area contributed by atoms with Gasteiger partial charge in [-0.3, -0.25) is 0 Å². The van der Waals surface area contributed by atoms with Crippen molar-refractivity contribution in [3.8, 4) is 5.75 Å². The van der Waals surface area contributed by atoms with Crippen molar-refractivity contribution in [2.24, 2.45) is 5.92 Å². The van der Waals surface area contributed by atoms with Crippen molar-refractivity contribution in [2.45, 2.75) is 32.1 Å². The average molecular weight is 300 g/mol. The SMILES string of the molecule is Oc1c(F)cc(NC(=S)NCC2CCCCC2)cc1F. The average Bonchev–Trinajstić information content (AvgIpc) is 2.43. The van der Waals surface area contributed by atoms with Gasteiger partial charge in [-0.2, -0.15) is 0 Å². The lowest BCUT2D eigenvalue weighted by atomic mass is 9.89. The van der Waals surface area contributed by atoms with E-state index < -0.39 is 17.4 Å². The Morgan fingerprint density at radius 1 is 1.20 bits per heavy atom. The summed E-state index contributed by atoms with van der Waals surface area (Å²) in [6.07, 6.45) is 6.18. The van der Waals surface area contributed by atoms with Crippen LogP contribution in [0.4, 0.5) is 14.5 Å². The molecular weight excluding hydrogens is 282 g/mol. The summed E-state index contributed by atoms with van der Waals surface area (Å²) in [4.78, 5) is 0. The second-order valence-electron chi connectivity index (χ2n) is 5.13. The van der Waals surface area contributed by atoms with Gasteiger partial charge in [0, 0.05) is 24.4 Å². The third kappa shape index (κ3) is 4.03. The molecule has 20 heavy (non-hydrogen) atoms. The van der Waals surface area contributed by atoms with Gasteiger partial charge in [0.15, 0.2) is 22.5 Å². The van der Waals surface area contributed by atoms with Gasteiger partial charge < -0.3 is 15.7 Å². The summed E-state index contributed by atoms with van der Waals surface area (Å²) in [7, 11) is 0. The van der Waals surface area contributed by atoms with Gasteiger partial charge in [-0.05, 0) is 31.0 Å². The Morgan fingerprint density at radius 2 is 1.80 bits per heavy atom. The van der Waals surface area contributed by atoms with Crippen LogP contribution in [0.2, 0.25) is 0 Å². The van der Waals surface area contributed by atoms with E-state index in [1.54, 1.807) is 0 Å². The molecule has 0 atom stereocenters. The Bertz CT molecular complexity index is 467. The maximum Gasteiger partial charge on any atom is 0.187 e. The van der Waals surface area contributed by atoms with Gasteiger partial charge in [0.1, 0.15) is 0 Å². The lowest BCUT2D eigenvalue weighted by Gasteiger charge is -2.22. The van der Waals surface area contributed by atoms with Crippen molar-refractivity contribution in [1.29, 1.82) is 0 Å². The number of hydrogen-bond acceptors (Lipinski definition) is 2. The summed E-state index contributed by atoms with van der Waals surface area (Å²) >= 11 is 5.09. The predicted octanol–water partition coefficient (Wildman–Crippen LogP) is 3.54. The van der Waals surface area contributed by atoms with Crippen LogP contribution < -0.4 is 10.6 Å². The zero-order valence-electron chi connectivity index (χ0n) is 11.1. The summed E-state index contributed by atoms with van der Waals surface area (Å²) in [5, 5.41) is 15.1. The molecule has 0 aromatic heterocycles. The monoisotopic (exact) mass is 300 g/mol. The molecule has 0 radical (unpaired) electrons. The molecule has 0 saturated heterocycles. The Hall–Kier alpha value is -1.43. The molecule has 0 aliphatic heterocycles. The zero-order valence-corrected chi connectivity index (χ0v) is 11.9. The van der Waals surface area contributed by atoms with E-state index in [-0.39, 0.29) is 5.69 Å². The highest BCUT2D eigenvalue weighted by atomic mass is 32.1. The first-order valence-corrected chi connectivity index (χ1v) is 7.20. The molecule has 0 unspecified atom stereocenters. The molecule has 0 spiro atoms. The first-order chi connectivity index (χ1) is 9.56. The molecule has 1 aliphatic rings. The van der Waals surface area contributed by atoms with Gasteiger partial charge in [-0.25, -0.2) is 8.78 Å². The van der Waals surface area contributed by atoms with E-state index >= 15 is 0 Å². The van der Waals surface area contributed by atoms with E-state index in [9.17, 15) is 8.78 Å². The van der Waals surface area contributed by atoms with Crippen LogP contribution in [0.25, 0.3) is 0 Å². The number of phenolic OH excluding ortho intramolecular Hbond substituents is 1. The molecule has 110 valence electrons. The van der Waals surface area contributed by atoms with E-state index in [4.69, 9.17) is 17.3 Å². The summed E-state index contributed by atoms with van der Waals surface area (Å²) in [5.74, 6) is -2.39. The molecule has 3 nitrogen and oxygen atoms in total. The van der Waals surface area contributed by atoms with Crippen molar-refractivity contribution in [2.75, 3.05) is 11.9 Å². The number of nitrogens with one attached hydrogen (secondary N) is 2. The van der Waals surface area contributed by atoms with Crippen molar-refractivity contribution in [1.82, 2.24) is 5.32 Å². The van der Waals surface area contributed by atoms with Crippen molar-refractivity contribution in [3.63, 3.8) is 0 Å². The first kappa shape index (κ1) is 15.0. The van der Waals surface area contributed by atoms with E-state index in [2.05, 4.69) is 10.6 Å². The van der Waals surface area contributed by atoms with Gasteiger partial charge in [0.2, 0.25) is 0 Å². The minimum Gasteiger partial charge on any atom is -0.503 e. The Balaban J connectivity index is 1.84. The largest absolute Gasteiger partial charge is 0.503 e. The van der Waals surface area contributed by atoms with Gasteiger partial charge in [-0.15, -0.1) is 0 Å². The van der Waals surface area contributed by atoms with Crippen LogP contribution in [0.5, 0.6) is 5.75 Å². The molecule has 1 aromatic rings. The highest BCUT2D eigenvalue weighted by Crippen LogP contribution is 2.24. The molecular formula is C14H18F2N2OS. The molecule has 1 saturated carbocycles. The molecule has 1 aromatic carbocycles. The van der Waals surface area contributed by atoms with Gasteiger partial charge in [0.25, 0.3) is 0 Å². The van der Waals surface area contributed by atoms with Crippen LogP contribution in [-0.2, 0) is 0 Å². The summed E-state index contributed by atoms with van der Waals surface area (Å²) in [6, 6.07) is 2.01. The maximum atomic E-state index is 13.2. The minimum atomic E-state index is -1.01. The summed E-state index contributed by atoms with van der Waals surface area (Å²) in [6.45, 7) is 0.773. The van der Waals surface area contributed by atoms with E-state index in [0.29, 0.717) is 11.0 Å². The van der Waals surface area contributed by atoms with Crippen LogP contribution in [0, 0.1) is 17.6 Å². The first-order valence-electron chi connectivity index (χ1n) is 6.79. The number of rotatable bonds is 3. The second-order valence-corrected chi connectivity index (χ2v) is 5.54. The summed E-state index contributed by atoms with van der Waals surface area (Å²) < 4.78 is 26.3. The van der Waals surface area contributed by atoms with E-state index in [1.807, 2.05) is 0 Å². The van der Waals surface area contributed by atoms with Crippen LogP contribution in [0.15, 0.2) is 12.1 Å². The molecule has 6 heteroatoms. The standard InChI is InChI=1S/C14H18F2N2OS/c15-11-6-10(7-12(16)13(11)19)18-14(20)17-8-9-4-2-1-3-5-9/h6-7,9,19H,1-5,8H2,(H2,17,18,20). The zero-order chi connectivity index (χ0) is 14.5. The van der Waals surface area contributed by atoms with Gasteiger partial charge in [0.05, 0.1) is 0 Å². The summed E-state index contributed by atoms with van der Waals surface area (Å²) in [5.41, 5.74) is 0.180. The fourth-order valence-corrected chi connectivity index (χ4v) is 2.64. The molecule has 0 bridgehead atoms. The van der Waals surface area contributed by atoms with Crippen molar-refractivity contribution in [3.05, 3.63) is 23.8 Å². The third-order valence-electron chi connectivity index (χ3n) is 3.55. The lowest BCUT2D eigenvalue weighted by molar-refractivity contribution is 0.357. The molecule has 2 rings (SSSR count). The number of hydrogen-bond donors (Lipinski definition) is 3. The molecule has 3 N–H and O–H groups in total. The van der Waals surface area contributed by atoms with Crippen LogP contribution >= 0.6 is 12.2 Å². The minimum absolute atomic E-state index is 0.180. The Morgan fingerprint density at radius 3 is 2.40 bits per heavy atom. The smallest absolute Gasteiger partial charge is 0.187 e. The number of aromatic hydroxyl groups is 1. The fourth-order valence-electron chi connectivity index (χ4n) is 2.44. The van der Waals surface area contributed by atoms with Gasteiger partial charge in [-0.1, -0.05) is 19.3 Å². The molecule has 1 fully saturated rings. The maximum absolute atomic E-state index is 13.2. The van der Waals surface area contributed by atoms with Crippen LogP contribution in [-0.4, -0.2) is 16.8 Å². The molecule has 0 amide bonds. The van der Waals surface area contributed by atoms with Crippen LogP contribution in [0.1, 0.15) is 32.1 Å². The molecule has 0 heterocycles. The highest BCUT2D eigenvalue weighted by Gasteiger charge is 2.14. The third-order valence-corrected chi connectivity index (χ3v) is 3.80. The Kier molecular flexibility index (Phi) is 5.11. The number of benzene rings is 1. The highest BCUT2D eigenvalue weighted by molar-refractivity contribution is 7.80. The second kappa shape index (κ2) is 6.83. The van der Waals surface area contributed by atoms with Crippen molar-refractivity contribution < 1.29 is 13.9 Å². The predicted molar refractivity (Wildman–Crippen MR) is 78.8 cm³/mol. The number of halogens is 2. The fraction of sp³-hybridized carbons (Fsp3) is 0.500.